The van der Waals surface area contributed by atoms with E-state index in [2.05, 4.69) is 10.1 Å². The maximum Gasteiger partial charge on any atom is 0.243 e. The summed E-state index contributed by atoms with van der Waals surface area (Å²) in [5.41, 5.74) is 4.43. The SMILES string of the molecule is Cc1ccc(S(=O)(=O)N(Cc2c(-c3cccc(C)c3)noc2N2CCOCC2)C[C@@H]2CCCO2)cc1. The van der Waals surface area contributed by atoms with E-state index in [1.54, 1.807) is 12.1 Å². The van der Waals surface area contributed by atoms with Crippen molar-refractivity contribution in [1.29, 1.82) is 0 Å². The molecular weight excluding hydrogens is 478 g/mol. The summed E-state index contributed by atoms with van der Waals surface area (Å²) in [5, 5.41) is 4.44. The van der Waals surface area contributed by atoms with Gasteiger partial charge in [0.05, 0.1) is 29.8 Å². The highest BCUT2D eigenvalue weighted by molar-refractivity contribution is 7.89. The first-order valence-electron chi connectivity index (χ1n) is 12.5. The topological polar surface area (TPSA) is 85.1 Å². The summed E-state index contributed by atoms with van der Waals surface area (Å²) < 4.78 is 46.7. The van der Waals surface area contributed by atoms with Crippen molar-refractivity contribution in [2.75, 3.05) is 44.4 Å². The Labute approximate surface area is 212 Å². The lowest BCUT2D eigenvalue weighted by atomic mass is 10.0. The zero-order chi connectivity index (χ0) is 25.1. The molecule has 192 valence electrons. The highest BCUT2D eigenvalue weighted by Gasteiger charge is 2.33. The van der Waals surface area contributed by atoms with Crippen LogP contribution in [0.4, 0.5) is 5.88 Å². The van der Waals surface area contributed by atoms with Crippen LogP contribution in [0.3, 0.4) is 0 Å². The van der Waals surface area contributed by atoms with Crippen molar-refractivity contribution in [3.8, 4) is 11.3 Å². The number of aryl methyl sites for hydroxylation is 2. The standard InChI is InChI=1S/C27H33N3O5S/c1-20-8-10-24(11-9-20)36(31,32)30(18-23-7-4-14-34-23)19-25-26(22-6-3-5-21(2)17-22)28-35-27(25)29-12-15-33-16-13-29/h3,5-6,8-11,17,23H,4,7,12-16,18-19H2,1-2H3/t23-/m0/s1. The molecule has 2 aliphatic rings. The van der Waals surface area contributed by atoms with E-state index < -0.39 is 10.0 Å². The van der Waals surface area contributed by atoms with Gasteiger partial charge in [0.1, 0.15) is 5.69 Å². The molecule has 1 atom stereocenters. The molecule has 0 amide bonds. The molecule has 5 rings (SSSR count). The monoisotopic (exact) mass is 511 g/mol. The summed E-state index contributed by atoms with van der Waals surface area (Å²) in [7, 11) is -3.80. The van der Waals surface area contributed by atoms with Gasteiger partial charge in [0.25, 0.3) is 0 Å². The van der Waals surface area contributed by atoms with Crippen LogP contribution in [0.15, 0.2) is 57.9 Å². The smallest absolute Gasteiger partial charge is 0.243 e. The summed E-state index contributed by atoms with van der Waals surface area (Å²) in [6.07, 6.45) is 1.63. The van der Waals surface area contributed by atoms with Crippen LogP contribution in [0.1, 0.15) is 29.5 Å². The molecule has 1 aromatic heterocycles. The largest absolute Gasteiger partial charge is 0.378 e. The highest BCUT2D eigenvalue weighted by Crippen LogP contribution is 2.35. The zero-order valence-electron chi connectivity index (χ0n) is 20.9. The number of benzene rings is 2. The van der Waals surface area contributed by atoms with Gasteiger partial charge in [-0.3, -0.25) is 0 Å². The molecular formula is C27H33N3O5S. The fourth-order valence-electron chi connectivity index (χ4n) is 4.78. The number of anilines is 1. The van der Waals surface area contributed by atoms with Crippen molar-refractivity contribution in [3.05, 3.63) is 65.2 Å². The Balaban J connectivity index is 1.57. The van der Waals surface area contributed by atoms with Crippen molar-refractivity contribution >= 4 is 15.9 Å². The maximum absolute atomic E-state index is 13.9. The molecule has 0 unspecified atom stereocenters. The van der Waals surface area contributed by atoms with E-state index in [0.717, 1.165) is 35.1 Å². The minimum Gasteiger partial charge on any atom is -0.378 e. The van der Waals surface area contributed by atoms with Crippen molar-refractivity contribution < 1.29 is 22.4 Å². The van der Waals surface area contributed by atoms with E-state index >= 15 is 0 Å². The molecule has 2 saturated heterocycles. The molecule has 36 heavy (non-hydrogen) atoms. The first kappa shape index (κ1) is 25.0. The molecule has 0 radical (unpaired) electrons. The Kier molecular flexibility index (Phi) is 7.43. The predicted molar refractivity (Wildman–Crippen MR) is 137 cm³/mol. The second-order valence-electron chi connectivity index (χ2n) is 9.53. The van der Waals surface area contributed by atoms with Gasteiger partial charge in [0.15, 0.2) is 0 Å². The predicted octanol–water partition coefficient (Wildman–Crippen LogP) is 4.16. The number of rotatable bonds is 8. The normalized spacial score (nSPS) is 18.8. The minimum atomic E-state index is -3.80. The average Bonchev–Trinajstić information content (AvgIpc) is 3.55. The molecule has 0 bridgehead atoms. The second-order valence-corrected chi connectivity index (χ2v) is 11.5. The van der Waals surface area contributed by atoms with Crippen LogP contribution in [0, 0.1) is 13.8 Å². The number of nitrogens with zero attached hydrogens (tertiary/aromatic N) is 3. The summed E-state index contributed by atoms with van der Waals surface area (Å²) >= 11 is 0. The average molecular weight is 512 g/mol. The van der Waals surface area contributed by atoms with Gasteiger partial charge in [-0.05, 0) is 44.9 Å². The Morgan fingerprint density at radius 3 is 2.50 bits per heavy atom. The van der Waals surface area contributed by atoms with Crippen molar-refractivity contribution in [1.82, 2.24) is 9.46 Å². The zero-order valence-corrected chi connectivity index (χ0v) is 21.7. The Morgan fingerprint density at radius 1 is 1.03 bits per heavy atom. The van der Waals surface area contributed by atoms with Crippen LogP contribution < -0.4 is 4.90 Å². The third kappa shape index (κ3) is 5.34. The molecule has 2 aromatic carbocycles. The van der Waals surface area contributed by atoms with Crippen LogP contribution in [0.2, 0.25) is 0 Å². The first-order valence-corrected chi connectivity index (χ1v) is 13.9. The molecule has 3 heterocycles. The summed E-state index contributed by atoms with van der Waals surface area (Å²) in [6, 6.07) is 15.0. The lowest BCUT2D eigenvalue weighted by Crippen LogP contribution is -2.39. The summed E-state index contributed by atoms with van der Waals surface area (Å²) in [4.78, 5) is 2.36. The molecule has 2 aliphatic heterocycles. The molecule has 2 fully saturated rings. The molecule has 8 nitrogen and oxygen atoms in total. The molecule has 0 N–H and O–H groups in total. The number of aromatic nitrogens is 1. The summed E-state index contributed by atoms with van der Waals surface area (Å²) in [5.74, 6) is 0.603. The van der Waals surface area contributed by atoms with Gasteiger partial charge in [0.2, 0.25) is 15.9 Å². The third-order valence-electron chi connectivity index (χ3n) is 6.78. The van der Waals surface area contributed by atoms with E-state index in [-0.39, 0.29) is 24.1 Å². The van der Waals surface area contributed by atoms with Gasteiger partial charge < -0.3 is 18.9 Å². The van der Waals surface area contributed by atoms with E-state index in [4.69, 9.17) is 14.0 Å². The van der Waals surface area contributed by atoms with E-state index in [0.29, 0.717) is 44.5 Å². The van der Waals surface area contributed by atoms with Crippen molar-refractivity contribution in [3.63, 3.8) is 0 Å². The van der Waals surface area contributed by atoms with E-state index in [1.807, 2.05) is 50.2 Å². The Bertz CT molecular complexity index is 1280. The van der Waals surface area contributed by atoms with Crippen molar-refractivity contribution in [2.24, 2.45) is 0 Å². The Hall–Kier alpha value is -2.72. The van der Waals surface area contributed by atoms with Crippen molar-refractivity contribution in [2.45, 2.75) is 44.2 Å². The fourth-order valence-corrected chi connectivity index (χ4v) is 6.22. The van der Waals surface area contributed by atoms with Crippen LogP contribution in [-0.4, -0.2) is 63.4 Å². The van der Waals surface area contributed by atoms with Gasteiger partial charge in [-0.25, -0.2) is 8.42 Å². The van der Waals surface area contributed by atoms with E-state index in [1.165, 1.54) is 4.31 Å². The first-order chi connectivity index (χ1) is 17.4. The van der Waals surface area contributed by atoms with Gasteiger partial charge in [-0.1, -0.05) is 46.6 Å². The fraction of sp³-hybridized carbons (Fsp3) is 0.444. The maximum atomic E-state index is 13.9. The van der Waals surface area contributed by atoms with Gasteiger partial charge in [-0.15, -0.1) is 0 Å². The Morgan fingerprint density at radius 2 is 1.81 bits per heavy atom. The number of hydrogen-bond donors (Lipinski definition) is 0. The van der Waals surface area contributed by atoms with Crippen LogP contribution in [0.5, 0.6) is 0 Å². The number of hydrogen-bond acceptors (Lipinski definition) is 7. The molecule has 0 saturated carbocycles. The van der Waals surface area contributed by atoms with Gasteiger partial charge >= 0.3 is 0 Å². The second kappa shape index (κ2) is 10.7. The molecule has 3 aromatic rings. The molecule has 9 heteroatoms. The van der Waals surface area contributed by atoms with E-state index in [9.17, 15) is 8.42 Å². The van der Waals surface area contributed by atoms with Crippen LogP contribution >= 0.6 is 0 Å². The number of morpholine rings is 1. The summed E-state index contributed by atoms with van der Waals surface area (Å²) in [6.45, 7) is 7.52. The lowest BCUT2D eigenvalue weighted by molar-refractivity contribution is 0.0925. The van der Waals surface area contributed by atoms with Crippen LogP contribution in [-0.2, 0) is 26.0 Å². The lowest BCUT2D eigenvalue weighted by Gasteiger charge is -2.29. The van der Waals surface area contributed by atoms with Crippen LogP contribution in [0.25, 0.3) is 11.3 Å². The molecule has 0 aliphatic carbocycles. The number of ether oxygens (including phenoxy) is 2. The van der Waals surface area contributed by atoms with Gasteiger partial charge in [0, 0.05) is 38.3 Å². The van der Waals surface area contributed by atoms with Gasteiger partial charge in [-0.2, -0.15) is 4.31 Å². The number of sulfonamides is 1. The molecule has 0 spiro atoms. The minimum absolute atomic E-state index is 0.134. The highest BCUT2D eigenvalue weighted by atomic mass is 32.2. The third-order valence-corrected chi connectivity index (χ3v) is 8.61. The quantitative estimate of drug-likeness (QED) is 0.449.